The molecule has 0 atom stereocenters. The number of hydrogen-bond acceptors (Lipinski definition) is 5. The van der Waals surface area contributed by atoms with E-state index in [0.29, 0.717) is 5.69 Å². The molecule has 0 aliphatic heterocycles. The van der Waals surface area contributed by atoms with Crippen molar-refractivity contribution in [2.24, 2.45) is 0 Å². The van der Waals surface area contributed by atoms with E-state index in [1.54, 1.807) is 19.3 Å². The Hall–Kier alpha value is -2.96. The number of ether oxygens (including phenoxy) is 1. The van der Waals surface area contributed by atoms with E-state index in [0.717, 1.165) is 16.5 Å². The highest BCUT2D eigenvalue weighted by molar-refractivity contribution is 5.89. The number of fused-ring (bicyclic) bond motifs is 1. The molecule has 0 unspecified atom stereocenters. The third-order valence-electron chi connectivity index (χ3n) is 2.80. The van der Waals surface area contributed by atoms with Crippen molar-refractivity contribution in [1.29, 1.82) is 0 Å². The SMILES string of the molecule is Cc1nn(-c2cccc3cnccc23)nc1OC(=O)O. The van der Waals surface area contributed by atoms with Crippen LogP contribution in [0.2, 0.25) is 0 Å². The van der Waals surface area contributed by atoms with Gasteiger partial charge in [-0.25, -0.2) is 4.79 Å². The van der Waals surface area contributed by atoms with Gasteiger partial charge in [0, 0.05) is 23.2 Å². The molecule has 3 rings (SSSR count). The number of rotatable bonds is 2. The summed E-state index contributed by atoms with van der Waals surface area (Å²) >= 11 is 0. The molecule has 0 spiro atoms. The minimum absolute atomic E-state index is 0.0245. The molecule has 0 aliphatic rings. The largest absolute Gasteiger partial charge is 0.512 e. The van der Waals surface area contributed by atoms with Crippen LogP contribution >= 0.6 is 0 Å². The van der Waals surface area contributed by atoms with Crippen LogP contribution in [0.15, 0.2) is 36.7 Å². The number of carbonyl (C=O) groups is 1. The van der Waals surface area contributed by atoms with Gasteiger partial charge >= 0.3 is 6.16 Å². The maximum absolute atomic E-state index is 10.6. The van der Waals surface area contributed by atoms with E-state index in [2.05, 4.69) is 19.9 Å². The van der Waals surface area contributed by atoms with Crippen LogP contribution in [0.5, 0.6) is 5.88 Å². The lowest BCUT2D eigenvalue weighted by molar-refractivity contribution is 0.142. The number of nitrogens with zero attached hydrogens (tertiary/aromatic N) is 4. The van der Waals surface area contributed by atoms with Crippen LogP contribution in [0.1, 0.15) is 5.69 Å². The van der Waals surface area contributed by atoms with Crippen molar-refractivity contribution in [1.82, 2.24) is 20.0 Å². The van der Waals surface area contributed by atoms with E-state index in [1.165, 1.54) is 4.80 Å². The van der Waals surface area contributed by atoms with Crippen LogP contribution < -0.4 is 4.74 Å². The average Bonchev–Trinajstić information content (AvgIpc) is 2.78. The van der Waals surface area contributed by atoms with Crippen LogP contribution in [0.3, 0.4) is 0 Å². The highest BCUT2D eigenvalue weighted by atomic mass is 16.7. The molecule has 0 fully saturated rings. The summed E-state index contributed by atoms with van der Waals surface area (Å²) in [6.45, 7) is 1.63. The van der Waals surface area contributed by atoms with E-state index in [-0.39, 0.29) is 5.88 Å². The van der Waals surface area contributed by atoms with Gasteiger partial charge in [-0.05, 0) is 19.1 Å². The Morgan fingerprint density at radius 1 is 1.30 bits per heavy atom. The second-order valence-electron chi connectivity index (χ2n) is 4.12. The molecule has 20 heavy (non-hydrogen) atoms. The lowest BCUT2D eigenvalue weighted by Gasteiger charge is -2.04. The topological polar surface area (TPSA) is 90.1 Å². The van der Waals surface area contributed by atoms with E-state index < -0.39 is 6.16 Å². The molecule has 3 aromatic rings. The maximum atomic E-state index is 10.6. The van der Waals surface area contributed by atoms with Crippen molar-refractivity contribution >= 4 is 16.9 Å². The van der Waals surface area contributed by atoms with Crippen molar-refractivity contribution in [2.45, 2.75) is 6.92 Å². The fraction of sp³-hybridized carbons (Fsp3) is 0.0769. The monoisotopic (exact) mass is 270 g/mol. The van der Waals surface area contributed by atoms with Gasteiger partial charge in [0.25, 0.3) is 5.88 Å². The molecule has 0 bridgehead atoms. The molecule has 0 saturated heterocycles. The molecule has 100 valence electrons. The summed E-state index contributed by atoms with van der Waals surface area (Å²) in [5.74, 6) is -0.0245. The molecular weight excluding hydrogens is 260 g/mol. The number of benzene rings is 1. The Morgan fingerprint density at radius 3 is 2.95 bits per heavy atom. The summed E-state index contributed by atoms with van der Waals surface area (Å²) in [5, 5.41) is 18.7. The smallest absolute Gasteiger partial charge is 0.449 e. The summed E-state index contributed by atoms with van der Waals surface area (Å²) in [6, 6.07) is 7.47. The first kappa shape index (κ1) is 12.1. The third kappa shape index (κ3) is 2.05. The fourth-order valence-electron chi connectivity index (χ4n) is 1.93. The van der Waals surface area contributed by atoms with Crippen LogP contribution in [0.25, 0.3) is 16.5 Å². The normalized spacial score (nSPS) is 10.7. The van der Waals surface area contributed by atoms with Gasteiger partial charge in [0.05, 0.1) is 5.69 Å². The predicted octanol–water partition coefficient (Wildman–Crippen LogP) is 2.18. The number of aryl methyl sites for hydroxylation is 1. The summed E-state index contributed by atoms with van der Waals surface area (Å²) in [4.78, 5) is 16.0. The van der Waals surface area contributed by atoms with Gasteiger partial charge in [-0.15, -0.1) is 15.0 Å². The van der Waals surface area contributed by atoms with Crippen LogP contribution in [0, 0.1) is 6.92 Å². The van der Waals surface area contributed by atoms with Crippen molar-refractivity contribution < 1.29 is 14.6 Å². The van der Waals surface area contributed by atoms with Gasteiger partial charge in [0.15, 0.2) is 0 Å². The van der Waals surface area contributed by atoms with Crippen molar-refractivity contribution in [3.63, 3.8) is 0 Å². The van der Waals surface area contributed by atoms with E-state index >= 15 is 0 Å². The average molecular weight is 270 g/mol. The molecule has 7 heteroatoms. The molecule has 0 amide bonds. The molecule has 2 aromatic heterocycles. The molecular formula is C13H10N4O3. The summed E-state index contributed by atoms with van der Waals surface area (Å²) < 4.78 is 4.57. The summed E-state index contributed by atoms with van der Waals surface area (Å²) in [7, 11) is 0. The Bertz CT molecular complexity index is 792. The zero-order valence-electron chi connectivity index (χ0n) is 10.5. The predicted molar refractivity (Wildman–Crippen MR) is 70.0 cm³/mol. The lowest BCUT2D eigenvalue weighted by atomic mass is 10.1. The van der Waals surface area contributed by atoms with Gasteiger partial charge < -0.3 is 9.84 Å². The molecule has 2 heterocycles. The quantitative estimate of drug-likeness (QED) is 0.718. The zero-order valence-corrected chi connectivity index (χ0v) is 10.5. The van der Waals surface area contributed by atoms with Gasteiger partial charge in [-0.2, -0.15) is 0 Å². The van der Waals surface area contributed by atoms with Gasteiger partial charge in [0.1, 0.15) is 5.69 Å². The molecule has 1 aromatic carbocycles. The third-order valence-corrected chi connectivity index (χ3v) is 2.80. The molecule has 7 nitrogen and oxygen atoms in total. The van der Waals surface area contributed by atoms with Crippen molar-refractivity contribution in [2.75, 3.05) is 0 Å². The van der Waals surface area contributed by atoms with E-state index in [9.17, 15) is 4.79 Å². The Morgan fingerprint density at radius 2 is 2.15 bits per heavy atom. The minimum atomic E-state index is -1.41. The van der Waals surface area contributed by atoms with E-state index in [4.69, 9.17) is 5.11 Å². The van der Waals surface area contributed by atoms with Gasteiger partial charge in [0.2, 0.25) is 0 Å². The zero-order chi connectivity index (χ0) is 14.1. The van der Waals surface area contributed by atoms with Crippen molar-refractivity contribution in [3.8, 4) is 11.6 Å². The Kier molecular flexibility index (Phi) is 2.79. The molecule has 0 saturated carbocycles. The van der Waals surface area contributed by atoms with Gasteiger partial charge in [-0.3, -0.25) is 4.98 Å². The van der Waals surface area contributed by atoms with Crippen LogP contribution in [-0.2, 0) is 0 Å². The first-order valence-corrected chi connectivity index (χ1v) is 5.83. The lowest BCUT2D eigenvalue weighted by Crippen LogP contribution is -2.05. The first-order chi connectivity index (χ1) is 9.65. The highest BCUT2D eigenvalue weighted by Crippen LogP contribution is 2.22. The minimum Gasteiger partial charge on any atom is -0.449 e. The molecule has 0 aliphatic carbocycles. The molecule has 0 radical (unpaired) electrons. The Labute approximate surface area is 113 Å². The number of aromatic nitrogens is 4. The highest BCUT2D eigenvalue weighted by Gasteiger charge is 2.14. The number of pyridine rings is 1. The first-order valence-electron chi connectivity index (χ1n) is 5.83. The fourth-order valence-corrected chi connectivity index (χ4v) is 1.93. The van der Waals surface area contributed by atoms with Crippen molar-refractivity contribution in [3.05, 3.63) is 42.4 Å². The summed E-state index contributed by atoms with van der Waals surface area (Å²) in [6.07, 6.45) is 2.00. The van der Waals surface area contributed by atoms with Crippen LogP contribution in [0.4, 0.5) is 4.79 Å². The second kappa shape index (κ2) is 4.61. The Balaban J connectivity index is 2.14. The number of carboxylic acid groups (broad SMARTS) is 1. The van der Waals surface area contributed by atoms with Crippen LogP contribution in [-0.4, -0.2) is 31.2 Å². The summed E-state index contributed by atoms with van der Waals surface area (Å²) in [5.41, 5.74) is 1.13. The molecule has 1 N–H and O–H groups in total. The van der Waals surface area contributed by atoms with E-state index in [1.807, 2.05) is 24.3 Å². The maximum Gasteiger partial charge on any atom is 0.512 e. The standard InChI is InChI=1S/C13H10N4O3/c1-8-12(20-13(18)19)16-17(15-8)11-4-2-3-9-7-14-6-5-10(9)11/h2-7H,1H3,(H,18,19). The second-order valence-corrected chi connectivity index (χ2v) is 4.12. The number of hydrogen-bond donors (Lipinski definition) is 1. The van der Waals surface area contributed by atoms with Gasteiger partial charge in [-0.1, -0.05) is 12.1 Å².